The van der Waals surface area contributed by atoms with Crippen LogP contribution in [0.5, 0.6) is 0 Å². The molecule has 1 aliphatic heterocycles. The first-order chi connectivity index (χ1) is 16.0. The number of amides is 2. The number of aromatic nitrogens is 2. The lowest BCUT2D eigenvalue weighted by atomic mass is 10.2. The van der Waals surface area contributed by atoms with E-state index in [1.807, 2.05) is 22.6 Å². The van der Waals surface area contributed by atoms with Gasteiger partial charge < -0.3 is 10.2 Å². The molecule has 0 spiro atoms. The van der Waals surface area contributed by atoms with Gasteiger partial charge in [0, 0.05) is 29.7 Å². The average Bonchev–Trinajstić information content (AvgIpc) is 3.55. The van der Waals surface area contributed by atoms with Crippen molar-refractivity contribution < 1.29 is 14.0 Å². The Morgan fingerprint density at radius 2 is 1.76 bits per heavy atom. The molecule has 1 fully saturated rings. The van der Waals surface area contributed by atoms with Crippen molar-refractivity contribution >= 4 is 39.1 Å². The molecule has 0 saturated carbocycles. The van der Waals surface area contributed by atoms with Gasteiger partial charge in [-0.2, -0.15) is 5.10 Å². The zero-order chi connectivity index (χ0) is 22.9. The highest BCUT2D eigenvalue weighted by molar-refractivity contribution is 7.20. The van der Waals surface area contributed by atoms with Crippen LogP contribution < -0.4 is 5.32 Å². The Morgan fingerprint density at radius 1 is 1.06 bits per heavy atom. The number of likely N-dealkylation sites (tertiary alicyclic amines) is 1. The van der Waals surface area contributed by atoms with Crippen molar-refractivity contribution in [1.29, 1.82) is 0 Å². The van der Waals surface area contributed by atoms with Gasteiger partial charge in [-0.05, 0) is 67.8 Å². The summed E-state index contributed by atoms with van der Waals surface area (Å²) < 4.78 is 15.0. The molecule has 0 aliphatic carbocycles. The molecule has 2 aromatic heterocycles. The predicted octanol–water partition coefficient (Wildman–Crippen LogP) is 5.08. The van der Waals surface area contributed by atoms with E-state index in [-0.39, 0.29) is 17.6 Å². The summed E-state index contributed by atoms with van der Waals surface area (Å²) in [6, 6.07) is 15.2. The number of hydrogen-bond donors (Lipinski definition) is 1. The summed E-state index contributed by atoms with van der Waals surface area (Å²) in [7, 11) is 0. The number of hydrogen-bond acceptors (Lipinski definition) is 4. The first-order valence-electron chi connectivity index (χ1n) is 10.9. The van der Waals surface area contributed by atoms with Crippen LogP contribution in [0.3, 0.4) is 0 Å². The Balaban J connectivity index is 1.31. The second-order valence-corrected chi connectivity index (χ2v) is 9.26. The minimum Gasteiger partial charge on any atom is -0.339 e. The number of nitrogens with zero attached hydrogens (tertiary/aromatic N) is 3. The Labute approximate surface area is 194 Å². The average molecular weight is 463 g/mol. The number of carbonyl (C=O) groups is 2. The number of nitrogens with one attached hydrogen (secondary N) is 1. The van der Waals surface area contributed by atoms with Crippen LogP contribution in [0.2, 0.25) is 0 Å². The maximum absolute atomic E-state index is 13.2. The summed E-state index contributed by atoms with van der Waals surface area (Å²) in [5.74, 6) is -0.442. The molecule has 2 amide bonds. The number of rotatable bonds is 5. The van der Waals surface area contributed by atoms with Gasteiger partial charge in [0.1, 0.15) is 10.6 Å². The van der Waals surface area contributed by atoms with Gasteiger partial charge in [-0.1, -0.05) is 12.1 Å². The van der Waals surface area contributed by atoms with E-state index in [9.17, 15) is 14.0 Å². The second kappa shape index (κ2) is 8.78. The highest BCUT2D eigenvalue weighted by Crippen LogP contribution is 2.29. The minimum atomic E-state index is -0.274. The van der Waals surface area contributed by atoms with Gasteiger partial charge in [0.25, 0.3) is 11.8 Å². The molecule has 4 aromatic rings. The molecular formula is C25H23FN4O2S. The van der Waals surface area contributed by atoms with Crippen LogP contribution >= 0.6 is 11.3 Å². The molecule has 6 nitrogen and oxygen atoms in total. The van der Waals surface area contributed by atoms with Crippen molar-refractivity contribution in [2.45, 2.75) is 26.3 Å². The smallest absolute Gasteiger partial charge is 0.265 e. The number of benzene rings is 2. The Hall–Kier alpha value is -3.52. The monoisotopic (exact) mass is 462 g/mol. The van der Waals surface area contributed by atoms with Crippen LogP contribution in [0.1, 0.15) is 44.1 Å². The molecular weight excluding hydrogens is 439 g/mol. The molecule has 0 radical (unpaired) electrons. The van der Waals surface area contributed by atoms with Crippen molar-refractivity contribution in [3.8, 4) is 0 Å². The number of anilines is 1. The van der Waals surface area contributed by atoms with Crippen molar-refractivity contribution in [2.24, 2.45) is 0 Å². The molecule has 8 heteroatoms. The lowest BCUT2D eigenvalue weighted by Gasteiger charge is -2.15. The van der Waals surface area contributed by atoms with E-state index < -0.39 is 0 Å². The minimum absolute atomic E-state index is 0.0380. The van der Waals surface area contributed by atoms with Crippen molar-refractivity contribution in [3.05, 3.63) is 82.1 Å². The first-order valence-corrected chi connectivity index (χ1v) is 11.7. The highest BCUT2D eigenvalue weighted by atomic mass is 32.1. The third-order valence-electron chi connectivity index (χ3n) is 5.86. The molecule has 168 valence electrons. The van der Waals surface area contributed by atoms with Crippen LogP contribution in [-0.4, -0.2) is 39.6 Å². The summed E-state index contributed by atoms with van der Waals surface area (Å²) in [6.45, 7) is 4.02. The van der Waals surface area contributed by atoms with Gasteiger partial charge in [-0.25, -0.2) is 4.39 Å². The SMILES string of the molecule is Cc1nn(Cc2ccc(F)cc2)c2sc(C(=O)Nc3ccc(C(=O)N4CCCC4)cc3)cc12. The van der Waals surface area contributed by atoms with E-state index >= 15 is 0 Å². The quantitative estimate of drug-likeness (QED) is 0.450. The maximum Gasteiger partial charge on any atom is 0.265 e. The maximum atomic E-state index is 13.2. The van der Waals surface area contributed by atoms with Gasteiger partial charge in [0.05, 0.1) is 17.1 Å². The Kier molecular flexibility index (Phi) is 5.68. The predicted molar refractivity (Wildman–Crippen MR) is 127 cm³/mol. The molecule has 1 aliphatic rings. The van der Waals surface area contributed by atoms with Crippen molar-refractivity contribution in [3.63, 3.8) is 0 Å². The van der Waals surface area contributed by atoms with Gasteiger partial charge >= 0.3 is 0 Å². The summed E-state index contributed by atoms with van der Waals surface area (Å²) in [4.78, 5) is 28.7. The fraction of sp³-hybridized carbons (Fsp3) is 0.240. The van der Waals surface area contributed by atoms with Crippen LogP contribution in [0.4, 0.5) is 10.1 Å². The van der Waals surface area contributed by atoms with E-state index in [1.165, 1.54) is 23.5 Å². The van der Waals surface area contributed by atoms with Crippen LogP contribution in [0.15, 0.2) is 54.6 Å². The number of thiophene rings is 1. The molecule has 3 heterocycles. The molecule has 33 heavy (non-hydrogen) atoms. The summed E-state index contributed by atoms with van der Waals surface area (Å²) in [6.07, 6.45) is 2.10. The topological polar surface area (TPSA) is 67.2 Å². The van der Waals surface area contributed by atoms with Crippen molar-refractivity contribution in [1.82, 2.24) is 14.7 Å². The van der Waals surface area contributed by atoms with Gasteiger partial charge in [-0.3, -0.25) is 14.3 Å². The van der Waals surface area contributed by atoms with Gasteiger partial charge in [0.2, 0.25) is 0 Å². The largest absolute Gasteiger partial charge is 0.339 e. The summed E-state index contributed by atoms with van der Waals surface area (Å²) in [5, 5.41) is 8.42. The molecule has 0 bridgehead atoms. The number of halogens is 1. The number of carbonyl (C=O) groups excluding carboxylic acids is 2. The van der Waals surface area contributed by atoms with Gasteiger partial charge in [0.15, 0.2) is 0 Å². The third kappa shape index (κ3) is 4.39. The molecule has 1 N–H and O–H groups in total. The Morgan fingerprint density at radius 3 is 2.45 bits per heavy atom. The third-order valence-corrected chi connectivity index (χ3v) is 7.01. The van der Waals surface area contributed by atoms with Gasteiger partial charge in [-0.15, -0.1) is 11.3 Å². The lowest BCUT2D eigenvalue weighted by molar-refractivity contribution is 0.0792. The van der Waals surface area contributed by atoms with E-state index in [0.29, 0.717) is 22.7 Å². The van der Waals surface area contributed by atoms with E-state index in [0.717, 1.165) is 47.4 Å². The van der Waals surface area contributed by atoms with Crippen LogP contribution in [0.25, 0.3) is 10.2 Å². The Bertz CT molecular complexity index is 1320. The van der Waals surface area contributed by atoms with E-state index in [2.05, 4.69) is 10.4 Å². The van der Waals surface area contributed by atoms with Crippen molar-refractivity contribution in [2.75, 3.05) is 18.4 Å². The molecule has 5 rings (SSSR count). The fourth-order valence-corrected chi connectivity index (χ4v) is 5.14. The van der Waals surface area contributed by atoms with E-state index in [4.69, 9.17) is 0 Å². The van der Waals surface area contributed by atoms with Crippen LogP contribution in [-0.2, 0) is 6.54 Å². The second-order valence-electron chi connectivity index (χ2n) is 8.23. The van der Waals surface area contributed by atoms with E-state index in [1.54, 1.807) is 36.4 Å². The lowest BCUT2D eigenvalue weighted by Crippen LogP contribution is -2.27. The standard InChI is InChI=1S/C25H23FN4O2S/c1-16-21-14-22(33-25(21)30(28-16)15-17-4-8-19(26)9-5-17)23(31)27-20-10-6-18(7-11-20)24(32)29-12-2-3-13-29/h4-11,14H,2-3,12-13,15H2,1H3,(H,27,31). The number of fused-ring (bicyclic) bond motifs is 1. The molecule has 0 atom stereocenters. The summed E-state index contributed by atoms with van der Waals surface area (Å²) >= 11 is 1.37. The fourth-order valence-electron chi connectivity index (χ4n) is 4.09. The summed E-state index contributed by atoms with van der Waals surface area (Å²) in [5.41, 5.74) is 3.05. The molecule has 2 aromatic carbocycles. The molecule has 1 saturated heterocycles. The first kappa shape index (κ1) is 21.3. The normalized spacial score (nSPS) is 13.6. The number of aryl methyl sites for hydroxylation is 1. The molecule has 0 unspecified atom stereocenters. The zero-order valence-electron chi connectivity index (χ0n) is 18.2. The zero-order valence-corrected chi connectivity index (χ0v) is 19.0. The highest BCUT2D eigenvalue weighted by Gasteiger charge is 2.20. The van der Waals surface area contributed by atoms with Crippen LogP contribution in [0, 0.1) is 12.7 Å².